The topological polar surface area (TPSA) is 86.2 Å². The van der Waals surface area contributed by atoms with Crippen molar-refractivity contribution in [3.05, 3.63) is 24.4 Å². The minimum absolute atomic E-state index is 0.263. The number of rotatable bonds is 1. The maximum Gasteiger partial charge on any atom is 0.271 e. The third-order valence-corrected chi connectivity index (χ3v) is 2.31. The molecule has 0 bridgehead atoms. The van der Waals surface area contributed by atoms with Gasteiger partial charge in [-0.3, -0.25) is 0 Å². The third kappa shape index (κ3) is 1.41. The largest absolute Gasteiger partial charge is 0.425 e. The van der Waals surface area contributed by atoms with Crippen molar-refractivity contribution in [1.82, 2.24) is 4.98 Å². The lowest BCUT2D eigenvalue weighted by Gasteiger charge is -1.86. The van der Waals surface area contributed by atoms with Crippen molar-refractivity contribution < 1.29 is 12.8 Å². The average molecular weight is 198 g/mol. The van der Waals surface area contributed by atoms with Crippen LogP contribution in [0.1, 0.15) is 0 Å². The predicted octanol–water partition coefficient (Wildman–Crippen LogP) is 0.475. The number of furan rings is 1. The molecule has 0 saturated heterocycles. The molecule has 0 aliphatic heterocycles. The molecule has 5 nitrogen and oxygen atoms in total. The average Bonchev–Trinajstić information content (AvgIpc) is 2.45. The molecule has 2 heterocycles. The van der Waals surface area contributed by atoms with E-state index in [-0.39, 0.29) is 10.8 Å². The fraction of sp³-hybridized carbons (Fsp3) is 0. The molecule has 0 aromatic carbocycles. The van der Waals surface area contributed by atoms with Gasteiger partial charge in [0.1, 0.15) is 0 Å². The normalized spacial score (nSPS) is 12.1. The zero-order chi connectivity index (χ0) is 9.47. The van der Waals surface area contributed by atoms with Gasteiger partial charge in [0.15, 0.2) is 0 Å². The van der Waals surface area contributed by atoms with E-state index in [1.165, 1.54) is 12.3 Å². The van der Waals surface area contributed by atoms with Gasteiger partial charge in [-0.1, -0.05) is 0 Å². The maximum atomic E-state index is 10.9. The van der Waals surface area contributed by atoms with Crippen molar-refractivity contribution in [2.24, 2.45) is 5.14 Å². The molecule has 0 saturated carbocycles. The summed E-state index contributed by atoms with van der Waals surface area (Å²) in [6.45, 7) is 0. The smallest absolute Gasteiger partial charge is 0.271 e. The number of aromatic nitrogens is 1. The van der Waals surface area contributed by atoms with Crippen LogP contribution in [0, 0.1) is 0 Å². The van der Waals surface area contributed by atoms with Crippen LogP contribution in [0.3, 0.4) is 0 Å². The summed E-state index contributed by atoms with van der Waals surface area (Å²) in [7, 11) is -3.77. The highest BCUT2D eigenvalue weighted by atomic mass is 32.2. The number of primary sulfonamides is 1. The Morgan fingerprint density at radius 2 is 2.23 bits per heavy atom. The summed E-state index contributed by atoms with van der Waals surface area (Å²) in [6, 6.07) is 4.73. The molecule has 0 aliphatic rings. The summed E-state index contributed by atoms with van der Waals surface area (Å²) >= 11 is 0. The number of nitrogens with zero attached hydrogens (tertiary/aromatic N) is 1. The molecule has 0 spiro atoms. The number of hydrogen-bond acceptors (Lipinski definition) is 4. The van der Waals surface area contributed by atoms with Gasteiger partial charge in [-0.05, 0) is 12.1 Å². The Morgan fingerprint density at radius 1 is 1.46 bits per heavy atom. The van der Waals surface area contributed by atoms with Gasteiger partial charge in [0.25, 0.3) is 10.0 Å². The lowest BCUT2D eigenvalue weighted by atomic mass is 10.3. The van der Waals surface area contributed by atoms with Crippen LogP contribution in [0.4, 0.5) is 0 Å². The van der Waals surface area contributed by atoms with Crippen molar-refractivity contribution >= 4 is 21.1 Å². The Bertz CT molecular complexity index is 511. The summed E-state index contributed by atoms with van der Waals surface area (Å²) < 4.78 is 26.6. The van der Waals surface area contributed by atoms with Gasteiger partial charge in [0.2, 0.25) is 10.8 Å². The second-order valence-electron chi connectivity index (χ2n) is 2.51. The first kappa shape index (κ1) is 8.21. The molecule has 2 aromatic heterocycles. The van der Waals surface area contributed by atoms with Gasteiger partial charge in [-0.15, -0.1) is 0 Å². The second kappa shape index (κ2) is 2.54. The fourth-order valence-electron chi connectivity index (χ4n) is 0.990. The molecule has 13 heavy (non-hydrogen) atoms. The summed E-state index contributed by atoms with van der Waals surface area (Å²) in [5.41, 5.74) is 0.270. The standard InChI is InChI=1S/C7H6N2O3S/c8-13(10,11)6-4-5-2-1-3-9-7(5)12-6/h1-4H,(H2,8,10,11). The fourth-order valence-corrected chi connectivity index (χ4v) is 1.48. The predicted molar refractivity (Wildman–Crippen MR) is 45.4 cm³/mol. The van der Waals surface area contributed by atoms with E-state index in [2.05, 4.69) is 4.98 Å². The highest BCUT2D eigenvalue weighted by Crippen LogP contribution is 2.18. The van der Waals surface area contributed by atoms with Crippen LogP contribution < -0.4 is 5.14 Å². The molecular formula is C7H6N2O3S. The van der Waals surface area contributed by atoms with Crippen molar-refractivity contribution in [2.45, 2.75) is 5.09 Å². The summed E-state index contributed by atoms with van der Waals surface area (Å²) in [5.74, 6) is 0. The van der Waals surface area contributed by atoms with Crippen molar-refractivity contribution in [2.75, 3.05) is 0 Å². The first-order chi connectivity index (χ1) is 6.07. The summed E-state index contributed by atoms with van der Waals surface area (Å²) in [4.78, 5) is 3.83. The Kier molecular flexibility index (Phi) is 1.61. The number of fused-ring (bicyclic) bond motifs is 1. The van der Waals surface area contributed by atoms with E-state index in [1.807, 2.05) is 0 Å². The van der Waals surface area contributed by atoms with E-state index in [9.17, 15) is 8.42 Å². The Morgan fingerprint density at radius 3 is 2.85 bits per heavy atom. The van der Waals surface area contributed by atoms with Crippen LogP contribution in [-0.4, -0.2) is 13.4 Å². The molecule has 2 aromatic rings. The lowest BCUT2D eigenvalue weighted by molar-refractivity contribution is 0.475. The van der Waals surface area contributed by atoms with Crippen LogP contribution in [0.25, 0.3) is 11.1 Å². The van der Waals surface area contributed by atoms with E-state index >= 15 is 0 Å². The zero-order valence-corrected chi connectivity index (χ0v) is 7.28. The molecule has 6 heteroatoms. The highest BCUT2D eigenvalue weighted by molar-refractivity contribution is 7.89. The number of nitrogens with two attached hydrogens (primary N) is 1. The Labute approximate surface area is 74.2 Å². The first-order valence-corrected chi connectivity index (χ1v) is 4.99. The Balaban J connectivity index is 2.77. The molecule has 2 rings (SSSR count). The van der Waals surface area contributed by atoms with Gasteiger partial charge >= 0.3 is 0 Å². The van der Waals surface area contributed by atoms with E-state index in [0.717, 1.165) is 0 Å². The third-order valence-electron chi connectivity index (χ3n) is 1.55. The van der Waals surface area contributed by atoms with Crippen LogP contribution >= 0.6 is 0 Å². The summed E-state index contributed by atoms with van der Waals surface area (Å²) in [6.07, 6.45) is 1.51. The molecule has 0 fully saturated rings. The minimum Gasteiger partial charge on any atom is -0.425 e. The van der Waals surface area contributed by atoms with Gasteiger partial charge in [-0.25, -0.2) is 18.5 Å². The zero-order valence-electron chi connectivity index (χ0n) is 6.47. The van der Waals surface area contributed by atoms with E-state index < -0.39 is 10.0 Å². The molecule has 68 valence electrons. The lowest BCUT2D eigenvalue weighted by Crippen LogP contribution is -2.10. The quantitative estimate of drug-likeness (QED) is 0.721. The molecular weight excluding hydrogens is 192 g/mol. The summed E-state index contributed by atoms with van der Waals surface area (Å²) in [5, 5.41) is 5.23. The monoisotopic (exact) mass is 198 g/mol. The molecule has 0 unspecified atom stereocenters. The minimum atomic E-state index is -3.77. The molecule has 0 aliphatic carbocycles. The molecule has 0 amide bonds. The number of pyridine rings is 1. The van der Waals surface area contributed by atoms with Crippen molar-refractivity contribution in [3.8, 4) is 0 Å². The van der Waals surface area contributed by atoms with E-state index in [1.54, 1.807) is 12.1 Å². The SMILES string of the molecule is NS(=O)(=O)c1cc2cccnc2o1. The second-order valence-corrected chi connectivity index (χ2v) is 4.00. The van der Waals surface area contributed by atoms with Crippen LogP contribution in [-0.2, 0) is 10.0 Å². The molecule has 0 radical (unpaired) electrons. The van der Waals surface area contributed by atoms with Gasteiger partial charge < -0.3 is 4.42 Å². The van der Waals surface area contributed by atoms with Crippen LogP contribution in [0.15, 0.2) is 33.9 Å². The number of sulfonamides is 1. The van der Waals surface area contributed by atoms with Gasteiger partial charge in [0.05, 0.1) is 0 Å². The van der Waals surface area contributed by atoms with Crippen LogP contribution in [0.5, 0.6) is 0 Å². The van der Waals surface area contributed by atoms with Gasteiger partial charge in [0, 0.05) is 17.6 Å². The molecule has 0 atom stereocenters. The first-order valence-electron chi connectivity index (χ1n) is 3.45. The highest BCUT2D eigenvalue weighted by Gasteiger charge is 2.14. The van der Waals surface area contributed by atoms with E-state index in [0.29, 0.717) is 5.39 Å². The van der Waals surface area contributed by atoms with E-state index in [4.69, 9.17) is 9.56 Å². The molecule has 2 N–H and O–H groups in total. The number of hydrogen-bond donors (Lipinski definition) is 1. The van der Waals surface area contributed by atoms with Crippen molar-refractivity contribution in [1.29, 1.82) is 0 Å². The van der Waals surface area contributed by atoms with Gasteiger partial charge in [-0.2, -0.15) is 0 Å². The van der Waals surface area contributed by atoms with Crippen molar-refractivity contribution in [3.63, 3.8) is 0 Å². The maximum absolute atomic E-state index is 10.9. The Hall–Kier alpha value is -1.40. The van der Waals surface area contributed by atoms with Crippen LogP contribution in [0.2, 0.25) is 0 Å².